The molecule has 2 amide bonds. The van der Waals surface area contributed by atoms with E-state index in [1.165, 1.54) is 12.1 Å². The van der Waals surface area contributed by atoms with Crippen LogP contribution in [0.25, 0.3) is 22.3 Å². The third-order valence-electron chi connectivity index (χ3n) is 6.39. The molecular formula is C25H26FN3O5. The van der Waals surface area contributed by atoms with Crippen molar-refractivity contribution in [1.29, 1.82) is 0 Å². The van der Waals surface area contributed by atoms with E-state index < -0.39 is 0 Å². The number of nitrogens with zero attached hydrogens (tertiary/aromatic N) is 2. The zero-order valence-electron chi connectivity index (χ0n) is 19.3. The highest BCUT2D eigenvalue weighted by atomic mass is 19.1. The Kier molecular flexibility index (Phi) is 5.65. The number of halogens is 1. The molecule has 34 heavy (non-hydrogen) atoms. The van der Waals surface area contributed by atoms with E-state index in [4.69, 9.17) is 13.9 Å². The number of nitrogens with one attached hydrogen (secondary N) is 1. The fourth-order valence-electron chi connectivity index (χ4n) is 4.71. The standard InChI is InChI=1S/C25H26FN3O5/c1-14-18-10-19-21(34-23(22(19)24(30)27-2)15-4-6-16(26)7-5-15)11-20(18)28(3)12-17(33-14)13-29-8-9-32-25(29)31/h4-7,10-11,14,17H,8-9,12-13H2,1-3H3,(H,27,30)/t14-,17-/m0/s1. The molecule has 3 heterocycles. The summed E-state index contributed by atoms with van der Waals surface area (Å²) in [6.45, 7) is 3.92. The molecule has 0 bridgehead atoms. The molecule has 2 atom stereocenters. The molecule has 2 aromatic carbocycles. The highest BCUT2D eigenvalue weighted by Crippen LogP contribution is 2.41. The molecule has 1 saturated heterocycles. The quantitative estimate of drug-likeness (QED) is 0.626. The average Bonchev–Trinajstić information content (AvgIpc) is 3.37. The summed E-state index contributed by atoms with van der Waals surface area (Å²) in [6, 6.07) is 9.71. The summed E-state index contributed by atoms with van der Waals surface area (Å²) in [5.41, 5.74) is 3.40. The highest BCUT2D eigenvalue weighted by molar-refractivity contribution is 6.11. The van der Waals surface area contributed by atoms with Crippen LogP contribution in [0.5, 0.6) is 0 Å². The topological polar surface area (TPSA) is 84.2 Å². The molecule has 1 N–H and O–H groups in total. The molecule has 2 aliphatic rings. The maximum atomic E-state index is 13.5. The number of rotatable bonds is 4. The minimum absolute atomic E-state index is 0.211. The molecule has 0 unspecified atom stereocenters. The van der Waals surface area contributed by atoms with Gasteiger partial charge in [0.25, 0.3) is 5.91 Å². The molecule has 1 aromatic heterocycles. The van der Waals surface area contributed by atoms with Crippen LogP contribution in [0.4, 0.5) is 14.9 Å². The van der Waals surface area contributed by atoms with E-state index in [0.717, 1.165) is 11.3 Å². The first-order valence-corrected chi connectivity index (χ1v) is 11.2. The van der Waals surface area contributed by atoms with Gasteiger partial charge in [-0.3, -0.25) is 4.79 Å². The van der Waals surface area contributed by atoms with Crippen molar-refractivity contribution in [2.24, 2.45) is 0 Å². The second-order valence-corrected chi connectivity index (χ2v) is 8.64. The summed E-state index contributed by atoms with van der Waals surface area (Å²) < 4.78 is 31.0. The van der Waals surface area contributed by atoms with Gasteiger partial charge >= 0.3 is 6.09 Å². The van der Waals surface area contributed by atoms with Gasteiger partial charge < -0.3 is 29.0 Å². The Bertz CT molecular complexity index is 1260. The Labute approximate surface area is 196 Å². The highest BCUT2D eigenvalue weighted by Gasteiger charge is 2.32. The number of hydrogen-bond acceptors (Lipinski definition) is 6. The SMILES string of the molecule is CNC(=O)c1c(-c2ccc(F)cc2)oc2cc3c(cc12)[C@H](C)O[C@H](CN1CCOC1=O)CN3C. The number of likely N-dealkylation sites (N-methyl/N-ethyl adjacent to an activating group) is 1. The minimum atomic E-state index is -0.364. The van der Waals surface area contributed by atoms with Crippen molar-refractivity contribution in [3.05, 3.63) is 53.3 Å². The van der Waals surface area contributed by atoms with E-state index in [2.05, 4.69) is 10.2 Å². The fraction of sp³-hybridized carbons (Fsp3) is 0.360. The minimum Gasteiger partial charge on any atom is -0.455 e. The van der Waals surface area contributed by atoms with Gasteiger partial charge in [-0.05, 0) is 37.3 Å². The Morgan fingerprint density at radius 3 is 2.68 bits per heavy atom. The molecule has 178 valence electrons. The van der Waals surface area contributed by atoms with Crippen molar-refractivity contribution in [2.45, 2.75) is 19.1 Å². The summed E-state index contributed by atoms with van der Waals surface area (Å²) >= 11 is 0. The summed E-state index contributed by atoms with van der Waals surface area (Å²) in [6.07, 6.45) is -0.811. The monoisotopic (exact) mass is 467 g/mol. The van der Waals surface area contributed by atoms with Crippen LogP contribution < -0.4 is 10.2 Å². The lowest BCUT2D eigenvalue weighted by Gasteiger charge is -2.25. The first-order valence-electron chi connectivity index (χ1n) is 11.2. The molecule has 2 aliphatic heterocycles. The largest absolute Gasteiger partial charge is 0.455 e. The molecule has 0 aliphatic carbocycles. The Hall–Kier alpha value is -3.59. The maximum absolute atomic E-state index is 13.5. The number of carbonyl (C=O) groups excluding carboxylic acids is 2. The average molecular weight is 467 g/mol. The van der Waals surface area contributed by atoms with Crippen molar-refractivity contribution >= 4 is 28.7 Å². The van der Waals surface area contributed by atoms with Gasteiger partial charge in [0.15, 0.2) is 0 Å². The fourth-order valence-corrected chi connectivity index (χ4v) is 4.71. The number of benzene rings is 2. The van der Waals surface area contributed by atoms with Crippen molar-refractivity contribution in [2.75, 3.05) is 45.2 Å². The first kappa shape index (κ1) is 22.2. The van der Waals surface area contributed by atoms with Crippen LogP contribution in [0.2, 0.25) is 0 Å². The number of ether oxygens (including phenoxy) is 2. The second-order valence-electron chi connectivity index (χ2n) is 8.64. The third-order valence-corrected chi connectivity index (χ3v) is 6.39. The Morgan fingerprint density at radius 1 is 1.24 bits per heavy atom. The van der Waals surface area contributed by atoms with E-state index in [0.29, 0.717) is 54.1 Å². The molecule has 5 rings (SSSR count). The van der Waals surface area contributed by atoms with Gasteiger partial charge in [-0.15, -0.1) is 0 Å². The number of carbonyl (C=O) groups is 2. The first-order chi connectivity index (χ1) is 16.4. The Balaban J connectivity index is 1.56. The number of furan rings is 1. The summed E-state index contributed by atoms with van der Waals surface area (Å²) in [5.74, 6) is -0.271. The Morgan fingerprint density at radius 2 is 2.00 bits per heavy atom. The number of amides is 2. The van der Waals surface area contributed by atoms with E-state index in [1.54, 1.807) is 24.1 Å². The summed E-state index contributed by atoms with van der Waals surface area (Å²) in [4.78, 5) is 28.5. The number of fused-ring (bicyclic) bond motifs is 2. The molecule has 8 nitrogen and oxygen atoms in total. The molecule has 1 fully saturated rings. The van der Waals surface area contributed by atoms with Gasteiger partial charge in [-0.2, -0.15) is 0 Å². The number of cyclic esters (lactones) is 1. The smallest absolute Gasteiger partial charge is 0.410 e. The van der Waals surface area contributed by atoms with Crippen molar-refractivity contribution in [1.82, 2.24) is 10.2 Å². The maximum Gasteiger partial charge on any atom is 0.410 e. The lowest BCUT2D eigenvalue weighted by atomic mass is 10.00. The molecular weight excluding hydrogens is 441 g/mol. The summed E-state index contributed by atoms with van der Waals surface area (Å²) in [5, 5.41) is 3.34. The van der Waals surface area contributed by atoms with Crippen LogP contribution in [0, 0.1) is 5.82 Å². The van der Waals surface area contributed by atoms with Crippen LogP contribution in [-0.2, 0) is 9.47 Å². The van der Waals surface area contributed by atoms with Crippen molar-refractivity contribution in [3.63, 3.8) is 0 Å². The molecule has 0 radical (unpaired) electrons. The van der Waals surface area contributed by atoms with Crippen molar-refractivity contribution in [3.8, 4) is 11.3 Å². The molecule has 0 saturated carbocycles. The van der Waals surface area contributed by atoms with Gasteiger partial charge in [0.1, 0.15) is 23.8 Å². The number of anilines is 1. The van der Waals surface area contributed by atoms with Gasteiger partial charge in [0, 0.05) is 48.9 Å². The van der Waals surface area contributed by atoms with Crippen LogP contribution >= 0.6 is 0 Å². The predicted molar refractivity (Wildman–Crippen MR) is 124 cm³/mol. The zero-order chi connectivity index (χ0) is 24.0. The van der Waals surface area contributed by atoms with E-state index in [1.807, 2.05) is 26.1 Å². The van der Waals surface area contributed by atoms with E-state index in [9.17, 15) is 14.0 Å². The molecule has 9 heteroatoms. The van der Waals surface area contributed by atoms with Crippen LogP contribution in [-0.4, -0.2) is 63.3 Å². The van der Waals surface area contributed by atoms with Crippen LogP contribution in [0.1, 0.15) is 28.9 Å². The number of hydrogen-bond donors (Lipinski definition) is 1. The van der Waals surface area contributed by atoms with Crippen LogP contribution in [0.15, 0.2) is 40.8 Å². The van der Waals surface area contributed by atoms with Gasteiger partial charge in [-0.25, -0.2) is 9.18 Å². The summed E-state index contributed by atoms with van der Waals surface area (Å²) in [7, 11) is 3.53. The third kappa shape index (κ3) is 3.86. The van der Waals surface area contributed by atoms with Crippen molar-refractivity contribution < 1.29 is 27.9 Å². The molecule has 3 aromatic rings. The van der Waals surface area contributed by atoms with Crippen LogP contribution in [0.3, 0.4) is 0 Å². The predicted octanol–water partition coefficient (Wildman–Crippen LogP) is 3.95. The lowest BCUT2D eigenvalue weighted by Crippen LogP contribution is -2.40. The zero-order valence-corrected chi connectivity index (χ0v) is 19.3. The molecule has 0 spiro atoms. The van der Waals surface area contributed by atoms with E-state index >= 15 is 0 Å². The lowest BCUT2D eigenvalue weighted by molar-refractivity contribution is -0.00601. The second kappa shape index (κ2) is 8.64. The van der Waals surface area contributed by atoms with Gasteiger partial charge in [0.05, 0.1) is 30.9 Å². The van der Waals surface area contributed by atoms with Gasteiger partial charge in [-0.1, -0.05) is 0 Å². The van der Waals surface area contributed by atoms with Gasteiger partial charge in [0.2, 0.25) is 0 Å². The normalized spacial score (nSPS) is 20.3. The van der Waals surface area contributed by atoms with E-state index in [-0.39, 0.29) is 30.0 Å².